The minimum absolute atomic E-state index is 0.0569. The molecule has 1 aromatic heterocycles. The number of pyridine rings is 1. The molecule has 0 radical (unpaired) electrons. The number of aliphatic hydroxyl groups excluding tert-OH is 1. The molecular formula is C11H15N3O3. The van der Waals surface area contributed by atoms with Crippen LogP contribution in [0.1, 0.15) is 18.5 Å². The lowest BCUT2D eigenvalue weighted by molar-refractivity contribution is -0.384. The zero-order valence-electron chi connectivity index (χ0n) is 9.59. The number of rotatable bonds is 5. The standard InChI is InChI=1S/C11H15N3O3/c1-7-2-5-9(14(16)17)11(13-7)12-6-10(15)8-3-4-8/h2,5,8,10,15H,3-4,6H2,1H3,(H,12,13). The van der Waals surface area contributed by atoms with Crippen LogP contribution in [0.4, 0.5) is 11.5 Å². The summed E-state index contributed by atoms with van der Waals surface area (Å²) in [5.41, 5.74) is 0.651. The minimum atomic E-state index is -0.474. The molecule has 2 rings (SSSR count). The Morgan fingerprint density at radius 2 is 2.35 bits per heavy atom. The van der Waals surface area contributed by atoms with E-state index in [1.165, 1.54) is 6.07 Å². The Hall–Kier alpha value is -1.69. The third kappa shape index (κ3) is 2.91. The zero-order chi connectivity index (χ0) is 12.4. The highest BCUT2D eigenvalue weighted by atomic mass is 16.6. The molecule has 1 aliphatic rings. The molecule has 0 spiro atoms. The summed E-state index contributed by atoms with van der Waals surface area (Å²) < 4.78 is 0. The predicted octanol–water partition coefficient (Wildman–Crippen LogP) is 1.48. The maximum Gasteiger partial charge on any atom is 0.311 e. The van der Waals surface area contributed by atoms with Crippen LogP contribution < -0.4 is 5.32 Å². The second kappa shape index (κ2) is 4.67. The van der Waals surface area contributed by atoms with Crippen LogP contribution in [-0.4, -0.2) is 27.7 Å². The van der Waals surface area contributed by atoms with E-state index in [2.05, 4.69) is 10.3 Å². The van der Waals surface area contributed by atoms with E-state index in [1.807, 2.05) is 0 Å². The molecule has 1 aliphatic carbocycles. The molecule has 6 heteroatoms. The van der Waals surface area contributed by atoms with Crippen molar-refractivity contribution in [2.75, 3.05) is 11.9 Å². The number of nitrogens with zero attached hydrogens (tertiary/aromatic N) is 2. The number of aromatic nitrogens is 1. The SMILES string of the molecule is Cc1ccc([N+](=O)[O-])c(NCC(O)C2CC2)n1. The third-order valence-corrected chi connectivity index (χ3v) is 2.85. The first kappa shape index (κ1) is 11.8. The van der Waals surface area contributed by atoms with E-state index in [9.17, 15) is 15.2 Å². The van der Waals surface area contributed by atoms with E-state index in [-0.39, 0.29) is 11.5 Å². The first-order valence-corrected chi connectivity index (χ1v) is 5.62. The van der Waals surface area contributed by atoms with Crippen molar-refractivity contribution in [2.45, 2.75) is 25.9 Å². The first-order valence-electron chi connectivity index (χ1n) is 5.62. The monoisotopic (exact) mass is 237 g/mol. The summed E-state index contributed by atoms with van der Waals surface area (Å²) in [5.74, 6) is 0.570. The van der Waals surface area contributed by atoms with Gasteiger partial charge in [-0.25, -0.2) is 4.98 Å². The Kier molecular flexibility index (Phi) is 3.23. The number of nitro groups is 1. The zero-order valence-corrected chi connectivity index (χ0v) is 9.59. The Bertz CT molecular complexity index is 432. The van der Waals surface area contributed by atoms with Crippen LogP contribution in [0.2, 0.25) is 0 Å². The van der Waals surface area contributed by atoms with Gasteiger partial charge in [0.1, 0.15) is 0 Å². The maximum absolute atomic E-state index is 10.8. The second-order valence-electron chi connectivity index (χ2n) is 4.36. The fourth-order valence-electron chi connectivity index (χ4n) is 1.68. The van der Waals surface area contributed by atoms with Crippen molar-refractivity contribution < 1.29 is 10.0 Å². The number of anilines is 1. The van der Waals surface area contributed by atoms with E-state index < -0.39 is 11.0 Å². The molecule has 0 bridgehead atoms. The predicted molar refractivity (Wildman–Crippen MR) is 62.8 cm³/mol. The van der Waals surface area contributed by atoms with Gasteiger partial charge in [-0.05, 0) is 31.7 Å². The van der Waals surface area contributed by atoms with Crippen molar-refractivity contribution in [1.82, 2.24) is 4.98 Å². The topological polar surface area (TPSA) is 88.3 Å². The summed E-state index contributed by atoms with van der Waals surface area (Å²) in [6.07, 6.45) is 1.62. The van der Waals surface area contributed by atoms with Crippen LogP contribution in [0.5, 0.6) is 0 Å². The summed E-state index contributed by atoms with van der Waals surface area (Å²) in [6, 6.07) is 3.02. The van der Waals surface area contributed by atoms with Gasteiger partial charge in [0.05, 0.1) is 11.0 Å². The lowest BCUT2D eigenvalue weighted by atomic mass is 10.2. The van der Waals surface area contributed by atoms with Gasteiger partial charge in [0.15, 0.2) is 0 Å². The van der Waals surface area contributed by atoms with Gasteiger partial charge in [0.2, 0.25) is 5.82 Å². The van der Waals surface area contributed by atoms with Crippen LogP contribution in [0, 0.1) is 23.0 Å². The molecule has 6 nitrogen and oxygen atoms in total. The molecule has 1 saturated carbocycles. The van der Waals surface area contributed by atoms with E-state index in [1.54, 1.807) is 13.0 Å². The van der Waals surface area contributed by atoms with Crippen molar-refractivity contribution in [3.05, 3.63) is 27.9 Å². The Morgan fingerprint density at radius 3 is 2.94 bits per heavy atom. The van der Waals surface area contributed by atoms with Gasteiger partial charge in [0, 0.05) is 18.3 Å². The molecule has 1 fully saturated rings. The molecule has 1 atom stereocenters. The van der Waals surface area contributed by atoms with E-state index in [0.717, 1.165) is 12.8 Å². The van der Waals surface area contributed by atoms with Crippen LogP contribution in [-0.2, 0) is 0 Å². The quantitative estimate of drug-likeness (QED) is 0.598. The normalized spacial score (nSPS) is 16.6. The Labute approximate surface area is 98.8 Å². The largest absolute Gasteiger partial charge is 0.391 e. The lowest BCUT2D eigenvalue weighted by Gasteiger charge is -2.11. The van der Waals surface area contributed by atoms with Gasteiger partial charge in [-0.1, -0.05) is 0 Å². The smallest absolute Gasteiger partial charge is 0.311 e. The number of aryl methyl sites for hydroxylation is 1. The van der Waals surface area contributed by atoms with Gasteiger partial charge < -0.3 is 10.4 Å². The van der Waals surface area contributed by atoms with E-state index >= 15 is 0 Å². The molecule has 1 aromatic rings. The lowest BCUT2D eigenvalue weighted by Crippen LogP contribution is -2.22. The number of nitrogens with one attached hydrogen (secondary N) is 1. The highest BCUT2D eigenvalue weighted by Gasteiger charge is 2.29. The fraction of sp³-hybridized carbons (Fsp3) is 0.545. The molecule has 0 saturated heterocycles. The van der Waals surface area contributed by atoms with Gasteiger partial charge in [-0.15, -0.1) is 0 Å². The summed E-state index contributed by atoms with van der Waals surface area (Å²) in [4.78, 5) is 14.4. The Balaban J connectivity index is 2.07. The summed E-state index contributed by atoms with van der Waals surface area (Å²) in [5, 5.41) is 23.3. The maximum atomic E-state index is 10.8. The fourth-order valence-corrected chi connectivity index (χ4v) is 1.68. The average molecular weight is 237 g/mol. The Morgan fingerprint density at radius 1 is 1.65 bits per heavy atom. The van der Waals surface area contributed by atoms with E-state index in [4.69, 9.17) is 0 Å². The van der Waals surface area contributed by atoms with Crippen molar-refractivity contribution in [3.63, 3.8) is 0 Å². The van der Waals surface area contributed by atoms with E-state index in [0.29, 0.717) is 18.2 Å². The highest BCUT2D eigenvalue weighted by molar-refractivity contribution is 5.56. The molecule has 0 aromatic carbocycles. The molecule has 17 heavy (non-hydrogen) atoms. The van der Waals surface area contributed by atoms with Crippen LogP contribution in [0.15, 0.2) is 12.1 Å². The molecule has 0 aliphatic heterocycles. The molecule has 1 heterocycles. The van der Waals surface area contributed by atoms with Gasteiger partial charge in [-0.3, -0.25) is 10.1 Å². The van der Waals surface area contributed by atoms with Crippen molar-refractivity contribution >= 4 is 11.5 Å². The molecular weight excluding hydrogens is 222 g/mol. The molecule has 2 N–H and O–H groups in total. The number of hydrogen-bond donors (Lipinski definition) is 2. The van der Waals surface area contributed by atoms with Crippen LogP contribution in [0.3, 0.4) is 0 Å². The van der Waals surface area contributed by atoms with Gasteiger partial charge >= 0.3 is 5.69 Å². The minimum Gasteiger partial charge on any atom is -0.391 e. The molecule has 1 unspecified atom stereocenters. The third-order valence-electron chi connectivity index (χ3n) is 2.85. The van der Waals surface area contributed by atoms with Crippen molar-refractivity contribution in [2.24, 2.45) is 5.92 Å². The number of hydrogen-bond acceptors (Lipinski definition) is 5. The van der Waals surface area contributed by atoms with Crippen LogP contribution in [0.25, 0.3) is 0 Å². The molecule has 0 amide bonds. The van der Waals surface area contributed by atoms with Crippen molar-refractivity contribution in [3.8, 4) is 0 Å². The highest BCUT2D eigenvalue weighted by Crippen LogP contribution is 2.33. The van der Waals surface area contributed by atoms with Crippen molar-refractivity contribution in [1.29, 1.82) is 0 Å². The summed E-state index contributed by atoms with van der Waals surface area (Å²) in [7, 11) is 0. The first-order chi connectivity index (χ1) is 8.08. The van der Waals surface area contributed by atoms with Crippen LogP contribution >= 0.6 is 0 Å². The summed E-state index contributed by atoms with van der Waals surface area (Å²) >= 11 is 0. The van der Waals surface area contributed by atoms with Gasteiger partial charge in [0.25, 0.3) is 0 Å². The second-order valence-corrected chi connectivity index (χ2v) is 4.36. The molecule has 92 valence electrons. The number of aliphatic hydroxyl groups is 1. The average Bonchev–Trinajstić information content (AvgIpc) is 3.09. The van der Waals surface area contributed by atoms with Gasteiger partial charge in [-0.2, -0.15) is 0 Å². The summed E-state index contributed by atoms with van der Waals surface area (Å²) in [6.45, 7) is 2.08.